The van der Waals surface area contributed by atoms with E-state index in [1.165, 1.54) is 10.4 Å². The summed E-state index contributed by atoms with van der Waals surface area (Å²) in [7, 11) is 0. The highest BCUT2D eigenvalue weighted by Gasteiger charge is 2.40. The van der Waals surface area contributed by atoms with Crippen molar-refractivity contribution in [3.05, 3.63) is 78.4 Å². The fourth-order valence-electron chi connectivity index (χ4n) is 4.96. The lowest BCUT2D eigenvalue weighted by Gasteiger charge is -2.21. The number of anilines is 1. The standard InChI is InChI=1S/C28H28N4O3/c1-3-31-24-12-8-7-11-21(24)22-17-20(13-15-25(22)31)29-26(33)16-14-23-27(34)32(28(35)30-23)18(2)19-9-5-4-6-10-19/h4-13,15,17-18,23H,3,14,16H2,1-2H3,(H,29,33)(H,30,35)/t18-,23+/m0/s1. The first-order chi connectivity index (χ1) is 17.0. The molecule has 0 saturated carbocycles. The van der Waals surface area contributed by atoms with Gasteiger partial charge in [0.05, 0.1) is 6.04 Å². The van der Waals surface area contributed by atoms with E-state index in [2.05, 4.69) is 34.3 Å². The van der Waals surface area contributed by atoms with Gasteiger partial charge in [-0.2, -0.15) is 0 Å². The van der Waals surface area contributed by atoms with Crippen LogP contribution in [-0.2, 0) is 16.1 Å². The summed E-state index contributed by atoms with van der Waals surface area (Å²) in [6.45, 7) is 4.80. The van der Waals surface area contributed by atoms with Gasteiger partial charge < -0.3 is 15.2 Å². The van der Waals surface area contributed by atoms with Crippen molar-refractivity contribution in [1.82, 2.24) is 14.8 Å². The summed E-state index contributed by atoms with van der Waals surface area (Å²) in [5.41, 5.74) is 3.88. The average Bonchev–Trinajstić information content (AvgIpc) is 3.35. The number of hydrogen-bond acceptors (Lipinski definition) is 3. The Bertz CT molecular complexity index is 1430. The number of aromatic nitrogens is 1. The molecule has 5 rings (SSSR count). The maximum atomic E-state index is 12.9. The van der Waals surface area contributed by atoms with Crippen LogP contribution in [0.2, 0.25) is 0 Å². The number of carbonyl (C=O) groups excluding carboxylic acids is 3. The number of benzene rings is 3. The van der Waals surface area contributed by atoms with E-state index in [1.807, 2.05) is 67.6 Å². The van der Waals surface area contributed by atoms with E-state index in [9.17, 15) is 14.4 Å². The van der Waals surface area contributed by atoms with Gasteiger partial charge in [-0.3, -0.25) is 14.5 Å². The summed E-state index contributed by atoms with van der Waals surface area (Å²) >= 11 is 0. The van der Waals surface area contributed by atoms with Crippen molar-refractivity contribution < 1.29 is 14.4 Å². The molecule has 178 valence electrons. The van der Waals surface area contributed by atoms with Crippen LogP contribution in [0.25, 0.3) is 21.8 Å². The summed E-state index contributed by atoms with van der Waals surface area (Å²) in [5.74, 6) is -0.492. The molecule has 1 aliphatic heterocycles. The first kappa shape index (κ1) is 22.7. The predicted molar refractivity (Wildman–Crippen MR) is 137 cm³/mol. The number of carbonyl (C=O) groups is 3. The first-order valence-corrected chi connectivity index (χ1v) is 12.0. The van der Waals surface area contributed by atoms with Crippen molar-refractivity contribution >= 4 is 45.3 Å². The maximum Gasteiger partial charge on any atom is 0.325 e. The number of amides is 4. The molecule has 0 aliphatic carbocycles. The smallest absolute Gasteiger partial charge is 0.325 e. The number of nitrogens with zero attached hydrogens (tertiary/aromatic N) is 2. The number of rotatable bonds is 7. The molecule has 1 aliphatic rings. The minimum atomic E-state index is -0.704. The van der Waals surface area contributed by atoms with E-state index < -0.39 is 12.1 Å². The molecule has 7 nitrogen and oxygen atoms in total. The van der Waals surface area contributed by atoms with Gasteiger partial charge >= 0.3 is 6.03 Å². The number of aryl methyl sites for hydroxylation is 1. The molecular weight excluding hydrogens is 440 g/mol. The molecule has 2 N–H and O–H groups in total. The fourth-order valence-corrected chi connectivity index (χ4v) is 4.96. The Hall–Kier alpha value is -4.13. The van der Waals surface area contributed by atoms with E-state index in [4.69, 9.17) is 0 Å². The van der Waals surface area contributed by atoms with Crippen LogP contribution < -0.4 is 10.6 Å². The van der Waals surface area contributed by atoms with Crippen LogP contribution in [-0.4, -0.2) is 33.4 Å². The number of hydrogen-bond donors (Lipinski definition) is 2. The molecule has 0 bridgehead atoms. The van der Waals surface area contributed by atoms with Crippen LogP contribution in [0, 0.1) is 0 Å². The summed E-state index contributed by atoms with van der Waals surface area (Å²) < 4.78 is 2.26. The number of urea groups is 1. The van der Waals surface area contributed by atoms with E-state index in [-0.39, 0.29) is 30.7 Å². The molecular formula is C28H28N4O3. The van der Waals surface area contributed by atoms with Crippen molar-refractivity contribution in [2.75, 3.05) is 5.32 Å². The van der Waals surface area contributed by atoms with Gasteiger partial charge in [0.2, 0.25) is 5.91 Å². The molecule has 3 aromatic carbocycles. The van der Waals surface area contributed by atoms with Crippen LogP contribution in [0.5, 0.6) is 0 Å². The van der Waals surface area contributed by atoms with Gasteiger partial charge in [-0.05, 0) is 50.1 Å². The third-order valence-corrected chi connectivity index (χ3v) is 6.75. The summed E-state index contributed by atoms with van der Waals surface area (Å²) in [6, 6.07) is 22.1. The summed E-state index contributed by atoms with van der Waals surface area (Å²) in [6.07, 6.45) is 0.366. The second kappa shape index (κ2) is 9.25. The van der Waals surface area contributed by atoms with Gasteiger partial charge in [-0.25, -0.2) is 4.79 Å². The Balaban J connectivity index is 1.25. The van der Waals surface area contributed by atoms with Crippen molar-refractivity contribution in [3.63, 3.8) is 0 Å². The SMILES string of the molecule is CCn1c2ccccc2c2cc(NC(=O)CC[C@H]3NC(=O)N([C@@H](C)c4ccccc4)C3=O)ccc21. The van der Waals surface area contributed by atoms with Crippen molar-refractivity contribution in [1.29, 1.82) is 0 Å². The number of fused-ring (bicyclic) bond motifs is 3. The first-order valence-electron chi connectivity index (χ1n) is 12.0. The third-order valence-electron chi connectivity index (χ3n) is 6.75. The largest absolute Gasteiger partial charge is 0.341 e. The lowest BCUT2D eigenvalue weighted by Crippen LogP contribution is -2.34. The molecule has 0 unspecified atom stereocenters. The monoisotopic (exact) mass is 468 g/mol. The zero-order valence-electron chi connectivity index (χ0n) is 19.8. The van der Waals surface area contributed by atoms with E-state index in [1.54, 1.807) is 0 Å². The second-order valence-corrected chi connectivity index (χ2v) is 8.88. The zero-order chi connectivity index (χ0) is 24.5. The highest BCUT2D eigenvalue weighted by atomic mass is 16.2. The predicted octanol–water partition coefficient (Wildman–Crippen LogP) is 5.21. The molecule has 1 fully saturated rings. The molecule has 7 heteroatoms. The fraction of sp³-hybridized carbons (Fsp3) is 0.250. The van der Waals surface area contributed by atoms with Gasteiger partial charge in [0.25, 0.3) is 5.91 Å². The molecule has 2 atom stereocenters. The van der Waals surface area contributed by atoms with Crippen molar-refractivity contribution in [2.24, 2.45) is 0 Å². The van der Waals surface area contributed by atoms with E-state index in [0.29, 0.717) is 5.69 Å². The van der Waals surface area contributed by atoms with E-state index in [0.717, 1.165) is 28.4 Å². The van der Waals surface area contributed by atoms with Crippen LogP contribution in [0.4, 0.5) is 10.5 Å². The Labute approximate surface area is 203 Å². The van der Waals surface area contributed by atoms with Gasteiger partial charge in [0.15, 0.2) is 0 Å². The minimum absolute atomic E-state index is 0.124. The van der Waals surface area contributed by atoms with Gasteiger partial charge in [0.1, 0.15) is 6.04 Å². The van der Waals surface area contributed by atoms with Gasteiger partial charge in [-0.1, -0.05) is 48.5 Å². The molecule has 2 heterocycles. The average molecular weight is 469 g/mol. The van der Waals surface area contributed by atoms with E-state index >= 15 is 0 Å². The lowest BCUT2D eigenvalue weighted by molar-refractivity contribution is -0.129. The zero-order valence-corrected chi connectivity index (χ0v) is 19.8. The Morgan fingerprint density at radius 1 is 0.971 bits per heavy atom. The third kappa shape index (κ3) is 4.14. The number of para-hydroxylation sites is 1. The van der Waals surface area contributed by atoms with Gasteiger partial charge in [-0.15, -0.1) is 0 Å². The lowest BCUT2D eigenvalue weighted by atomic mass is 10.1. The van der Waals surface area contributed by atoms with Gasteiger partial charge in [0, 0.05) is 40.5 Å². The molecule has 1 aromatic heterocycles. The Morgan fingerprint density at radius 2 is 1.69 bits per heavy atom. The molecule has 35 heavy (non-hydrogen) atoms. The molecule has 0 spiro atoms. The highest BCUT2D eigenvalue weighted by Crippen LogP contribution is 2.31. The highest BCUT2D eigenvalue weighted by molar-refractivity contribution is 6.10. The number of imide groups is 1. The molecule has 0 radical (unpaired) electrons. The Kier molecular flexibility index (Phi) is 5.99. The molecule has 4 amide bonds. The molecule has 1 saturated heterocycles. The normalized spacial score (nSPS) is 16.6. The van der Waals surface area contributed by atoms with Crippen LogP contribution in [0.1, 0.15) is 38.3 Å². The summed E-state index contributed by atoms with van der Waals surface area (Å²) in [4.78, 5) is 39.4. The van der Waals surface area contributed by atoms with Crippen molar-refractivity contribution in [2.45, 2.75) is 45.3 Å². The van der Waals surface area contributed by atoms with Crippen LogP contribution in [0.15, 0.2) is 72.8 Å². The molecule has 4 aromatic rings. The minimum Gasteiger partial charge on any atom is -0.341 e. The quantitative estimate of drug-likeness (QED) is 0.365. The maximum absolute atomic E-state index is 12.9. The summed E-state index contributed by atoms with van der Waals surface area (Å²) in [5, 5.41) is 7.91. The Morgan fingerprint density at radius 3 is 2.46 bits per heavy atom. The van der Waals surface area contributed by atoms with Crippen LogP contribution >= 0.6 is 0 Å². The number of nitrogens with one attached hydrogen (secondary N) is 2. The van der Waals surface area contributed by atoms with Crippen molar-refractivity contribution in [3.8, 4) is 0 Å². The topological polar surface area (TPSA) is 83.4 Å². The van der Waals surface area contributed by atoms with Crippen LogP contribution in [0.3, 0.4) is 0 Å². The second-order valence-electron chi connectivity index (χ2n) is 8.88.